The van der Waals surface area contributed by atoms with Crippen molar-refractivity contribution in [1.29, 1.82) is 0 Å². The molecule has 5 heteroatoms. The van der Waals surface area contributed by atoms with Crippen molar-refractivity contribution in [3.63, 3.8) is 0 Å². The van der Waals surface area contributed by atoms with Crippen LogP contribution in [0, 0.1) is 51.5 Å². The molecule has 0 unspecified atom stereocenters. The molecule has 8 aromatic rings. The molecule has 8 rings (SSSR count). The summed E-state index contributed by atoms with van der Waals surface area (Å²) in [7, 11) is 0. The van der Waals surface area contributed by atoms with Crippen molar-refractivity contribution < 1.29 is 45.1 Å². The Morgan fingerprint density at radius 1 is 0.782 bits per heavy atom. The van der Waals surface area contributed by atoms with Crippen LogP contribution in [0.5, 0.6) is 0 Å². The number of hydrogen-bond donors (Lipinski definition) is 0. The predicted octanol–water partition coefficient (Wildman–Crippen LogP) is 13.7. The molecule has 275 valence electrons. The Morgan fingerprint density at radius 3 is 2.27 bits per heavy atom. The van der Waals surface area contributed by atoms with Crippen LogP contribution in [-0.2, 0) is 26.5 Å². The fraction of sp³-hybridized carbons (Fsp3) is 0.180. The Balaban J connectivity index is 0.000000321. The molecule has 3 heterocycles. The monoisotopic (exact) mass is 909 g/mol. The van der Waals surface area contributed by atoms with Gasteiger partial charge >= 0.3 is 0 Å². The number of furan rings is 1. The smallest absolute Gasteiger partial charge is 0.197 e. The Hall–Kier alpha value is -5.66. The van der Waals surface area contributed by atoms with Crippen LogP contribution in [0.4, 0.5) is 5.69 Å². The van der Waals surface area contributed by atoms with Crippen molar-refractivity contribution in [2.45, 2.75) is 54.6 Å². The molecule has 0 aliphatic heterocycles. The average molecular weight is 909 g/mol. The van der Waals surface area contributed by atoms with Gasteiger partial charge in [0, 0.05) is 62.6 Å². The van der Waals surface area contributed by atoms with Gasteiger partial charge in [0.25, 0.3) is 0 Å². The first-order valence-corrected chi connectivity index (χ1v) is 17.0. The Labute approximate surface area is 359 Å². The fourth-order valence-electron chi connectivity index (χ4n) is 6.12. The Bertz CT molecular complexity index is 3180. The van der Waals surface area contributed by atoms with Gasteiger partial charge < -0.3 is 14.4 Å². The van der Waals surface area contributed by atoms with Crippen molar-refractivity contribution in [2.75, 3.05) is 0 Å². The number of pyridine rings is 2. The summed E-state index contributed by atoms with van der Waals surface area (Å²) in [5, 5.41) is 1.22. The second-order valence-corrected chi connectivity index (χ2v) is 13.6. The number of hydrogen-bond acceptors (Lipinski definition) is 3. The summed E-state index contributed by atoms with van der Waals surface area (Å²) in [6.45, 7) is 2.99. The van der Waals surface area contributed by atoms with E-state index in [1.165, 1.54) is 42.6 Å². The van der Waals surface area contributed by atoms with E-state index in [1.54, 1.807) is 51.1 Å². The molecule has 0 amide bonds. The number of aromatic nitrogens is 2. The number of benzene rings is 5. The average Bonchev–Trinajstić information content (AvgIpc) is 3.67. The standard InChI is InChI=1S/C37H31N2O.C13H12N.Ir/c1-23-19-25(21-37(3,4)5)15-16-27(23)31-20-33(39-22-24(31)2)29-13-10-14-30-34-32(38-6)18-17-28(36(34)40-35(29)30)26-11-8-7-9-12-26;1-10-3-6-12(7-4-10)13-8-5-11(2)9-14-13;/h7-12,14-20,22H,21H2,1-5H3;3-6,8-9H,1-2H3;/q2*-1;/i1D3,2D3,16D,21D2;1D3,2D3;. The zero-order valence-electron chi connectivity index (χ0n) is 45.1. The minimum absolute atomic E-state index is 0. The van der Waals surface area contributed by atoms with Gasteiger partial charge in [0.2, 0.25) is 0 Å². The molecule has 0 N–H and O–H groups in total. The van der Waals surface area contributed by atoms with E-state index in [0.29, 0.717) is 44.4 Å². The second-order valence-electron chi connectivity index (χ2n) is 13.6. The molecule has 1 radical (unpaired) electrons. The minimum Gasteiger partial charge on any atom is -0.501 e. The number of rotatable bonds is 5. The van der Waals surface area contributed by atoms with Crippen LogP contribution in [-0.4, -0.2) is 9.97 Å². The van der Waals surface area contributed by atoms with Gasteiger partial charge in [0.1, 0.15) is 5.58 Å². The van der Waals surface area contributed by atoms with Gasteiger partial charge in [-0.15, -0.1) is 53.6 Å². The summed E-state index contributed by atoms with van der Waals surface area (Å²) < 4.78 is 127. The SMILES string of the molecule is [2H]C([2H])([2H])c1c[c-]c(-c2ccc(C([2H])([2H])[2H])cn2)cc1.[2H]c1cc(C([2H])([2H])C(C)(C)C)cc(C([2H])([2H])[2H])c1-c1cc(-c2[c-]ccc3c2oc2c(-c4ccccc4)ccc([N+]#[C-])c23)ncc1C([2H])([2H])[2H].[Ir]. The van der Waals surface area contributed by atoms with Gasteiger partial charge in [-0.1, -0.05) is 117 Å². The molecule has 0 bridgehead atoms. The van der Waals surface area contributed by atoms with E-state index in [4.69, 9.17) is 31.6 Å². The van der Waals surface area contributed by atoms with Gasteiger partial charge in [-0.3, -0.25) is 0 Å². The zero-order chi connectivity index (χ0) is 50.6. The molecular weight excluding hydrogens is 851 g/mol. The summed E-state index contributed by atoms with van der Waals surface area (Å²) >= 11 is 0. The quantitative estimate of drug-likeness (QED) is 0.162. The molecule has 5 aromatic carbocycles. The first-order valence-electron chi connectivity index (χ1n) is 24.5. The molecule has 0 saturated heterocycles. The molecular formula is C50H43IrN3O-2. The number of nitrogens with zero attached hydrogens (tertiary/aromatic N) is 3. The largest absolute Gasteiger partial charge is 0.501 e. The van der Waals surface area contributed by atoms with Crippen LogP contribution in [0.1, 0.15) is 69.1 Å². The van der Waals surface area contributed by atoms with Gasteiger partial charge in [0.15, 0.2) is 5.69 Å². The van der Waals surface area contributed by atoms with Crippen LogP contribution < -0.4 is 0 Å². The topological polar surface area (TPSA) is 43.3 Å². The summed E-state index contributed by atoms with van der Waals surface area (Å²) in [6, 6.07) is 33.8. The molecule has 3 aromatic heterocycles. The third-order valence-corrected chi connectivity index (χ3v) is 8.51. The van der Waals surface area contributed by atoms with Gasteiger partial charge in [-0.05, 0) is 82.7 Å². The van der Waals surface area contributed by atoms with Crippen LogP contribution >= 0.6 is 0 Å². The zero-order valence-corrected chi connectivity index (χ0v) is 32.4. The Kier molecular flexibility index (Phi) is 7.14. The van der Waals surface area contributed by atoms with Crippen molar-refractivity contribution in [1.82, 2.24) is 9.97 Å². The van der Waals surface area contributed by atoms with Crippen molar-refractivity contribution in [3.05, 3.63) is 173 Å². The molecule has 55 heavy (non-hydrogen) atoms. The van der Waals surface area contributed by atoms with E-state index in [-0.39, 0.29) is 70.8 Å². The van der Waals surface area contributed by atoms with Gasteiger partial charge in [-0.2, -0.15) is 0 Å². The summed E-state index contributed by atoms with van der Waals surface area (Å²) in [5.74, 6) is 0. The normalized spacial score (nSPS) is 16.3. The van der Waals surface area contributed by atoms with E-state index < -0.39 is 39.2 Å². The van der Waals surface area contributed by atoms with E-state index in [1.807, 2.05) is 36.4 Å². The van der Waals surface area contributed by atoms with E-state index >= 15 is 0 Å². The maximum Gasteiger partial charge on any atom is 0.197 e. The molecule has 0 aliphatic rings. The summed E-state index contributed by atoms with van der Waals surface area (Å²) in [5.41, 5.74) is 3.25. The second kappa shape index (κ2) is 16.4. The first-order chi connectivity index (χ1) is 32.0. The van der Waals surface area contributed by atoms with E-state index in [2.05, 4.69) is 26.9 Å². The van der Waals surface area contributed by atoms with Crippen LogP contribution in [0.25, 0.3) is 71.6 Å². The van der Waals surface area contributed by atoms with Crippen molar-refractivity contribution >= 4 is 27.6 Å². The maximum atomic E-state index is 9.01. The molecule has 0 aliphatic carbocycles. The third-order valence-electron chi connectivity index (χ3n) is 8.51. The van der Waals surface area contributed by atoms with Crippen LogP contribution in [0.15, 0.2) is 126 Å². The predicted molar refractivity (Wildman–Crippen MR) is 224 cm³/mol. The van der Waals surface area contributed by atoms with E-state index in [9.17, 15) is 0 Å². The molecule has 0 saturated carbocycles. The van der Waals surface area contributed by atoms with Crippen molar-refractivity contribution in [2.24, 2.45) is 5.41 Å². The molecule has 0 atom stereocenters. The van der Waals surface area contributed by atoms with E-state index in [0.717, 1.165) is 17.3 Å². The van der Waals surface area contributed by atoms with Crippen molar-refractivity contribution in [3.8, 4) is 44.8 Å². The van der Waals surface area contributed by atoms with Gasteiger partial charge in [-0.25, -0.2) is 4.85 Å². The molecule has 4 nitrogen and oxygen atoms in total. The number of aryl methyl sites for hydroxylation is 4. The fourth-order valence-corrected chi connectivity index (χ4v) is 6.12. The molecule has 0 fully saturated rings. The third kappa shape index (κ3) is 8.53. The molecule has 0 spiro atoms. The maximum absolute atomic E-state index is 9.01. The van der Waals surface area contributed by atoms with Gasteiger partial charge in [0.05, 0.1) is 13.5 Å². The summed E-state index contributed by atoms with van der Waals surface area (Å²) in [4.78, 5) is 12.3. The number of fused-ring (bicyclic) bond motifs is 3. The first kappa shape index (κ1) is 24.0. The Morgan fingerprint density at radius 2 is 1.58 bits per heavy atom. The summed E-state index contributed by atoms with van der Waals surface area (Å²) in [6.07, 6.45) is 0.443. The van der Waals surface area contributed by atoms with Crippen LogP contribution in [0.3, 0.4) is 0 Å². The minimum atomic E-state index is -2.82. The van der Waals surface area contributed by atoms with Crippen LogP contribution in [0.2, 0.25) is 0 Å².